The lowest BCUT2D eigenvalue weighted by molar-refractivity contribution is 0.532. The molecule has 6 heteroatoms. The van der Waals surface area contributed by atoms with Gasteiger partial charge in [0.15, 0.2) is 11.5 Å². The minimum absolute atomic E-state index is 0.226. The Morgan fingerprint density at radius 3 is 2.25 bits per heavy atom. The summed E-state index contributed by atoms with van der Waals surface area (Å²) in [5, 5.41) is 0. The Bertz CT molecular complexity index is 692. The van der Waals surface area contributed by atoms with Crippen LogP contribution >= 0.6 is 0 Å². The second-order valence-electron chi connectivity index (χ2n) is 6.35. The molecule has 0 radical (unpaired) electrons. The van der Waals surface area contributed by atoms with Crippen LogP contribution in [-0.4, -0.2) is 19.5 Å². The van der Waals surface area contributed by atoms with E-state index in [2.05, 4.69) is 21.9 Å². The summed E-state index contributed by atoms with van der Waals surface area (Å²) in [4.78, 5) is 33.2. The van der Waals surface area contributed by atoms with E-state index in [1.165, 1.54) is 51.4 Å². The molecule has 0 aromatic rings. The Morgan fingerprint density at radius 1 is 0.958 bits per heavy atom. The van der Waals surface area contributed by atoms with Gasteiger partial charge in [-0.25, -0.2) is 9.78 Å². The monoisotopic (exact) mass is 332 g/mol. The van der Waals surface area contributed by atoms with Crippen molar-refractivity contribution in [1.82, 2.24) is 19.5 Å². The number of H-pyrrole nitrogens is 1. The van der Waals surface area contributed by atoms with E-state index in [-0.39, 0.29) is 5.69 Å². The SMILES string of the molecule is CCCCCCCCCCCCn1ccnc2c(=O)[nH]c(=O)nc1-2. The zero-order valence-electron chi connectivity index (χ0n) is 14.6. The van der Waals surface area contributed by atoms with Gasteiger partial charge in [0.2, 0.25) is 0 Å². The Hall–Kier alpha value is -1.98. The highest BCUT2D eigenvalue weighted by Crippen LogP contribution is 2.13. The fourth-order valence-corrected chi connectivity index (χ4v) is 2.96. The number of aromatic amines is 1. The number of aromatic nitrogens is 4. The van der Waals surface area contributed by atoms with Gasteiger partial charge in [0.25, 0.3) is 5.56 Å². The third-order valence-corrected chi connectivity index (χ3v) is 4.33. The Morgan fingerprint density at radius 2 is 1.58 bits per heavy atom. The number of hydrogen-bond donors (Lipinski definition) is 1. The fourth-order valence-electron chi connectivity index (χ4n) is 2.96. The zero-order chi connectivity index (χ0) is 17.2. The fraction of sp³-hybridized carbons (Fsp3) is 0.667. The van der Waals surface area contributed by atoms with E-state index < -0.39 is 11.2 Å². The first kappa shape index (κ1) is 18.4. The lowest BCUT2D eigenvalue weighted by atomic mass is 10.1. The van der Waals surface area contributed by atoms with Crippen LogP contribution in [0.4, 0.5) is 0 Å². The number of hydrogen-bond acceptors (Lipinski definition) is 4. The molecule has 6 nitrogen and oxygen atoms in total. The summed E-state index contributed by atoms with van der Waals surface area (Å²) < 4.78 is 1.85. The minimum atomic E-state index is -0.614. The Labute approximate surface area is 142 Å². The van der Waals surface area contributed by atoms with Crippen molar-refractivity contribution in [2.24, 2.45) is 0 Å². The highest BCUT2D eigenvalue weighted by molar-refractivity contribution is 5.47. The van der Waals surface area contributed by atoms with Crippen molar-refractivity contribution in [3.05, 3.63) is 33.2 Å². The molecule has 0 bridgehead atoms. The molecule has 0 saturated heterocycles. The second kappa shape index (κ2) is 10.0. The van der Waals surface area contributed by atoms with Crippen molar-refractivity contribution in [3.8, 4) is 11.5 Å². The number of unbranched alkanes of at least 4 members (excludes halogenated alkanes) is 9. The van der Waals surface area contributed by atoms with Crippen LogP contribution in [0.3, 0.4) is 0 Å². The Kier molecular flexibility index (Phi) is 7.65. The first-order chi connectivity index (χ1) is 11.7. The molecule has 132 valence electrons. The largest absolute Gasteiger partial charge is 0.349 e. The van der Waals surface area contributed by atoms with Gasteiger partial charge < -0.3 is 4.57 Å². The lowest BCUT2D eigenvalue weighted by Crippen LogP contribution is -2.28. The van der Waals surface area contributed by atoms with E-state index in [9.17, 15) is 9.59 Å². The summed E-state index contributed by atoms with van der Waals surface area (Å²) in [6, 6.07) is 0. The van der Waals surface area contributed by atoms with Gasteiger partial charge >= 0.3 is 5.69 Å². The number of fused-ring (bicyclic) bond motifs is 1. The van der Waals surface area contributed by atoms with Crippen LogP contribution in [0.15, 0.2) is 22.0 Å². The van der Waals surface area contributed by atoms with Gasteiger partial charge in [-0.2, -0.15) is 4.98 Å². The van der Waals surface area contributed by atoms with Gasteiger partial charge in [-0.05, 0) is 6.42 Å². The van der Waals surface area contributed by atoms with Gasteiger partial charge in [-0.3, -0.25) is 9.78 Å². The number of nitrogens with zero attached hydrogens (tertiary/aromatic N) is 3. The molecule has 0 aromatic heterocycles. The van der Waals surface area contributed by atoms with Crippen molar-refractivity contribution in [1.29, 1.82) is 0 Å². The summed E-state index contributed by atoms with van der Waals surface area (Å²) in [7, 11) is 0. The van der Waals surface area contributed by atoms with Crippen LogP contribution in [0.2, 0.25) is 0 Å². The van der Waals surface area contributed by atoms with Crippen LogP contribution in [0.1, 0.15) is 71.1 Å². The van der Waals surface area contributed by atoms with E-state index in [1.807, 2.05) is 4.57 Å². The molecule has 2 aliphatic rings. The molecular formula is C18H28N4O2. The molecular weight excluding hydrogens is 304 g/mol. The normalized spacial score (nSPS) is 11.2. The quantitative estimate of drug-likeness (QED) is 0.640. The van der Waals surface area contributed by atoms with E-state index in [0.717, 1.165) is 19.4 Å². The highest BCUT2D eigenvalue weighted by atomic mass is 16.2. The predicted molar refractivity (Wildman–Crippen MR) is 95.4 cm³/mol. The number of nitrogens with one attached hydrogen (secondary N) is 1. The minimum Gasteiger partial charge on any atom is -0.329 e. The van der Waals surface area contributed by atoms with Gasteiger partial charge in [0.05, 0.1) is 0 Å². The summed E-state index contributed by atoms with van der Waals surface area (Å²) in [6.45, 7) is 3.00. The highest BCUT2D eigenvalue weighted by Gasteiger charge is 2.13. The van der Waals surface area contributed by atoms with E-state index in [4.69, 9.17) is 0 Å². The maximum Gasteiger partial charge on any atom is 0.349 e. The average molecular weight is 332 g/mol. The number of rotatable bonds is 11. The predicted octanol–water partition coefficient (Wildman–Crippen LogP) is 3.35. The van der Waals surface area contributed by atoms with Crippen LogP contribution in [0.5, 0.6) is 0 Å². The molecule has 0 aromatic carbocycles. The summed E-state index contributed by atoms with van der Waals surface area (Å²) in [5.74, 6) is 0.377. The van der Waals surface area contributed by atoms with E-state index in [0.29, 0.717) is 5.82 Å². The van der Waals surface area contributed by atoms with Crippen LogP contribution in [-0.2, 0) is 6.54 Å². The molecule has 0 unspecified atom stereocenters. The molecule has 24 heavy (non-hydrogen) atoms. The van der Waals surface area contributed by atoms with Gasteiger partial charge in [0.1, 0.15) is 0 Å². The molecule has 2 aliphatic heterocycles. The molecule has 2 rings (SSSR count). The van der Waals surface area contributed by atoms with Gasteiger partial charge in [0, 0.05) is 18.9 Å². The van der Waals surface area contributed by atoms with Crippen LogP contribution in [0.25, 0.3) is 11.5 Å². The van der Waals surface area contributed by atoms with Crippen LogP contribution in [0, 0.1) is 0 Å². The maximum absolute atomic E-state index is 11.7. The van der Waals surface area contributed by atoms with Crippen molar-refractivity contribution in [2.75, 3.05) is 0 Å². The standard InChI is InChI=1S/C18H28N4O2/c1-2-3-4-5-6-7-8-9-10-11-13-22-14-12-19-15-16(22)20-18(24)21-17(15)23/h12,14H,2-11,13H2,1H3,(H,21,23,24). The zero-order valence-corrected chi connectivity index (χ0v) is 14.6. The molecule has 0 fully saturated rings. The third kappa shape index (κ3) is 5.58. The molecule has 0 amide bonds. The van der Waals surface area contributed by atoms with Crippen LogP contribution < -0.4 is 11.2 Å². The molecule has 0 spiro atoms. The van der Waals surface area contributed by atoms with Crippen molar-refractivity contribution in [2.45, 2.75) is 77.7 Å². The van der Waals surface area contributed by atoms with Crippen molar-refractivity contribution in [3.63, 3.8) is 0 Å². The molecule has 0 aliphatic carbocycles. The summed E-state index contributed by atoms with van der Waals surface area (Å²) in [5.41, 5.74) is -0.857. The van der Waals surface area contributed by atoms with Crippen molar-refractivity contribution < 1.29 is 0 Å². The third-order valence-electron chi connectivity index (χ3n) is 4.33. The van der Waals surface area contributed by atoms with Crippen molar-refractivity contribution >= 4 is 0 Å². The average Bonchev–Trinajstić information content (AvgIpc) is 2.57. The summed E-state index contributed by atoms with van der Waals surface area (Å²) >= 11 is 0. The topological polar surface area (TPSA) is 80.6 Å². The van der Waals surface area contributed by atoms with E-state index in [1.54, 1.807) is 12.4 Å². The molecule has 0 atom stereocenters. The number of aryl methyl sites for hydroxylation is 1. The van der Waals surface area contributed by atoms with Gasteiger partial charge in [-0.1, -0.05) is 64.7 Å². The smallest absolute Gasteiger partial charge is 0.329 e. The second-order valence-corrected chi connectivity index (χ2v) is 6.35. The first-order valence-corrected chi connectivity index (χ1v) is 9.18. The van der Waals surface area contributed by atoms with Gasteiger partial charge in [-0.15, -0.1) is 0 Å². The Balaban J connectivity index is 1.71. The molecule has 0 saturated carbocycles. The summed E-state index contributed by atoms with van der Waals surface area (Å²) in [6.07, 6.45) is 16.1. The lowest BCUT2D eigenvalue weighted by Gasteiger charge is -2.12. The van der Waals surface area contributed by atoms with E-state index >= 15 is 0 Å². The maximum atomic E-state index is 11.7. The molecule has 2 heterocycles. The molecule has 1 N–H and O–H groups in total. The first-order valence-electron chi connectivity index (χ1n) is 9.18.